The number of rotatable bonds is 6. The van der Waals surface area contributed by atoms with E-state index in [1.54, 1.807) is 0 Å². The highest BCUT2D eigenvalue weighted by Crippen LogP contribution is 2.26. The molecule has 1 atom stereocenters. The molecule has 0 aromatic heterocycles. The lowest BCUT2D eigenvalue weighted by Gasteiger charge is -2.30. The number of allylic oxidation sites excluding steroid dienone is 1. The number of hydrazone groups is 1. The van der Waals surface area contributed by atoms with Gasteiger partial charge in [-0.2, -0.15) is 5.10 Å². The first kappa shape index (κ1) is 21.0. The van der Waals surface area contributed by atoms with Crippen LogP contribution >= 0.6 is 0 Å². The van der Waals surface area contributed by atoms with Crippen LogP contribution in [0.1, 0.15) is 36.8 Å². The lowest BCUT2D eigenvalue weighted by molar-refractivity contribution is -0.128. The van der Waals surface area contributed by atoms with Crippen LogP contribution in [0.3, 0.4) is 0 Å². The van der Waals surface area contributed by atoms with Crippen LogP contribution < -0.4 is 5.01 Å². The highest BCUT2D eigenvalue weighted by molar-refractivity contribution is 6.40. The highest BCUT2D eigenvalue weighted by Gasteiger charge is 2.31. The Morgan fingerprint density at radius 2 is 2.14 bits per heavy atom. The third-order valence-electron chi connectivity index (χ3n) is 4.96. The Balaban J connectivity index is 1.84. The predicted molar refractivity (Wildman–Crippen MR) is 106 cm³/mol. The second-order valence-corrected chi connectivity index (χ2v) is 7.35. The zero-order valence-electron chi connectivity index (χ0n) is 16.6. The summed E-state index contributed by atoms with van der Waals surface area (Å²) in [6.07, 6.45) is 2.06. The van der Waals surface area contributed by atoms with E-state index < -0.39 is 18.9 Å². The van der Waals surface area contributed by atoms with Crippen molar-refractivity contribution in [2.24, 2.45) is 5.10 Å². The van der Waals surface area contributed by atoms with E-state index in [2.05, 4.69) is 5.10 Å². The molecule has 156 valence electrons. The number of carbonyl (C=O) groups excluding carboxylic acids is 2. The summed E-state index contributed by atoms with van der Waals surface area (Å²) in [6, 6.07) is 5.62. The molecule has 8 heteroatoms. The normalized spacial score (nSPS) is 19.2. The predicted octanol–water partition coefficient (Wildman–Crippen LogP) is 3.57. The minimum atomic E-state index is -2.67. The van der Waals surface area contributed by atoms with Crippen molar-refractivity contribution in [3.8, 4) is 0 Å². The van der Waals surface area contributed by atoms with Crippen LogP contribution in [0.15, 0.2) is 35.6 Å². The van der Waals surface area contributed by atoms with Crippen molar-refractivity contribution in [2.45, 2.75) is 52.1 Å². The highest BCUT2D eigenvalue weighted by atomic mass is 19.3. The van der Waals surface area contributed by atoms with Crippen LogP contribution in [0.4, 0.5) is 14.5 Å². The monoisotopic (exact) mass is 405 g/mol. The molecule has 2 aliphatic rings. The maximum absolute atomic E-state index is 13.1. The molecule has 1 aromatic rings. The average molecular weight is 405 g/mol. The minimum Gasteiger partial charge on any atom is -0.497 e. The van der Waals surface area contributed by atoms with Gasteiger partial charge in [-0.25, -0.2) is 13.8 Å². The molecular weight excluding hydrogens is 380 g/mol. The number of halogens is 2. The molecule has 3 rings (SSSR count). The van der Waals surface area contributed by atoms with Crippen molar-refractivity contribution in [3.63, 3.8) is 0 Å². The van der Waals surface area contributed by atoms with E-state index in [-0.39, 0.29) is 37.1 Å². The zero-order valence-corrected chi connectivity index (χ0v) is 16.6. The first-order valence-electron chi connectivity index (χ1n) is 9.70. The van der Waals surface area contributed by atoms with E-state index in [9.17, 15) is 18.4 Å². The number of hydrogen-bond donors (Lipinski definition) is 0. The van der Waals surface area contributed by atoms with Crippen molar-refractivity contribution in [3.05, 3.63) is 41.7 Å². The van der Waals surface area contributed by atoms with Gasteiger partial charge in [-0.05, 0) is 50.0 Å². The van der Waals surface area contributed by atoms with Crippen molar-refractivity contribution in [1.29, 1.82) is 0 Å². The molecule has 2 amide bonds. The van der Waals surface area contributed by atoms with Crippen LogP contribution in [-0.2, 0) is 14.3 Å². The molecule has 0 saturated carbocycles. The Kier molecular flexibility index (Phi) is 6.61. The van der Waals surface area contributed by atoms with Gasteiger partial charge in [0.2, 0.25) is 5.91 Å². The molecule has 0 unspecified atom stereocenters. The third-order valence-corrected chi connectivity index (χ3v) is 4.96. The lowest BCUT2D eigenvalue weighted by atomic mass is 10.1. The van der Waals surface area contributed by atoms with E-state index in [0.717, 1.165) is 22.4 Å². The minimum absolute atomic E-state index is 0.0595. The van der Waals surface area contributed by atoms with Gasteiger partial charge in [0.1, 0.15) is 11.8 Å². The molecule has 0 aliphatic carbocycles. The van der Waals surface area contributed by atoms with Crippen LogP contribution in [-0.4, -0.2) is 48.0 Å². The Labute approximate surface area is 168 Å². The van der Waals surface area contributed by atoms with Crippen molar-refractivity contribution in [2.75, 3.05) is 18.1 Å². The molecule has 0 N–H and O–H groups in total. The van der Waals surface area contributed by atoms with Crippen LogP contribution in [0.2, 0.25) is 0 Å². The number of benzene rings is 1. The van der Waals surface area contributed by atoms with Crippen LogP contribution in [0.5, 0.6) is 0 Å². The van der Waals surface area contributed by atoms with E-state index in [0.29, 0.717) is 12.1 Å². The van der Waals surface area contributed by atoms with Gasteiger partial charge < -0.3 is 9.64 Å². The van der Waals surface area contributed by atoms with E-state index in [1.807, 2.05) is 38.1 Å². The van der Waals surface area contributed by atoms with Crippen LogP contribution in [0.25, 0.3) is 0 Å². The third kappa shape index (κ3) is 5.19. The second kappa shape index (κ2) is 9.15. The fourth-order valence-corrected chi connectivity index (χ4v) is 3.40. The fraction of sp³-hybridized carbons (Fsp3) is 0.476. The van der Waals surface area contributed by atoms with Gasteiger partial charge in [0.25, 0.3) is 12.3 Å². The fourth-order valence-electron chi connectivity index (χ4n) is 3.40. The van der Waals surface area contributed by atoms with Gasteiger partial charge in [-0.15, -0.1) is 0 Å². The molecule has 6 nitrogen and oxygen atoms in total. The smallest absolute Gasteiger partial charge is 0.270 e. The van der Waals surface area contributed by atoms with Gasteiger partial charge in [0, 0.05) is 12.8 Å². The van der Waals surface area contributed by atoms with Gasteiger partial charge in [-0.1, -0.05) is 12.1 Å². The standard InChI is InChI=1S/C21H25F2N3O3/c1-14-6-7-15(2)18(11-14)26-20(27)9-8-17(24-26)21(28)25(13-19(22)23)12-16-5-3-4-10-29-16/h4,6-7,10-11,16,19H,3,5,8-9,12-13H2,1-2H3/t16-/m1/s1. The quantitative estimate of drug-likeness (QED) is 0.727. The first-order valence-corrected chi connectivity index (χ1v) is 9.70. The summed E-state index contributed by atoms with van der Waals surface area (Å²) in [5, 5.41) is 5.49. The summed E-state index contributed by atoms with van der Waals surface area (Å²) in [6.45, 7) is 3.11. The lowest BCUT2D eigenvalue weighted by Crippen LogP contribution is -2.46. The first-order chi connectivity index (χ1) is 13.8. The molecule has 0 saturated heterocycles. The number of aryl methyl sites for hydroxylation is 2. The number of nitrogens with zero attached hydrogens (tertiary/aromatic N) is 3. The number of alkyl halides is 2. The van der Waals surface area contributed by atoms with Gasteiger partial charge in [0.15, 0.2) is 0 Å². The topological polar surface area (TPSA) is 62.2 Å². The summed E-state index contributed by atoms with van der Waals surface area (Å²) in [7, 11) is 0. The average Bonchev–Trinajstić information content (AvgIpc) is 2.70. The molecule has 0 spiro atoms. The van der Waals surface area contributed by atoms with Crippen molar-refractivity contribution >= 4 is 23.2 Å². The Morgan fingerprint density at radius 1 is 1.34 bits per heavy atom. The summed E-state index contributed by atoms with van der Waals surface area (Å²) in [5.74, 6) is -0.803. The number of carbonyl (C=O) groups is 2. The maximum atomic E-state index is 13.1. The number of ether oxygens (including phenoxy) is 1. The van der Waals surface area contributed by atoms with Crippen molar-refractivity contribution in [1.82, 2.24) is 4.90 Å². The Hall–Kier alpha value is -2.77. The number of amides is 2. The number of anilines is 1. The van der Waals surface area contributed by atoms with E-state index in [1.165, 1.54) is 11.3 Å². The maximum Gasteiger partial charge on any atom is 0.270 e. The molecule has 0 fully saturated rings. The Bertz CT molecular complexity index is 838. The molecule has 2 aliphatic heterocycles. The molecule has 0 radical (unpaired) electrons. The number of hydrogen-bond acceptors (Lipinski definition) is 4. The molecule has 1 aromatic carbocycles. The zero-order chi connectivity index (χ0) is 21.0. The van der Waals surface area contributed by atoms with Crippen LogP contribution in [0, 0.1) is 13.8 Å². The second-order valence-electron chi connectivity index (χ2n) is 7.35. The SMILES string of the molecule is Cc1ccc(C)c(N2N=C(C(=O)N(CC(F)F)C[C@H]3CCC=CO3)CCC2=O)c1. The summed E-state index contributed by atoms with van der Waals surface area (Å²) < 4.78 is 31.7. The van der Waals surface area contributed by atoms with Crippen molar-refractivity contribution < 1.29 is 23.1 Å². The summed E-state index contributed by atoms with van der Waals surface area (Å²) in [5.41, 5.74) is 2.50. The molecule has 2 heterocycles. The van der Waals surface area contributed by atoms with Gasteiger partial charge in [-0.3, -0.25) is 9.59 Å². The molecular formula is C21H25F2N3O3. The van der Waals surface area contributed by atoms with Gasteiger partial charge in [0.05, 0.1) is 25.0 Å². The van der Waals surface area contributed by atoms with E-state index in [4.69, 9.17) is 4.74 Å². The summed E-state index contributed by atoms with van der Waals surface area (Å²) in [4.78, 5) is 26.5. The largest absolute Gasteiger partial charge is 0.497 e. The molecule has 29 heavy (non-hydrogen) atoms. The van der Waals surface area contributed by atoms with E-state index >= 15 is 0 Å². The summed E-state index contributed by atoms with van der Waals surface area (Å²) >= 11 is 0. The Morgan fingerprint density at radius 3 is 2.83 bits per heavy atom. The molecule has 0 bridgehead atoms. The van der Waals surface area contributed by atoms with Gasteiger partial charge >= 0.3 is 0 Å².